The van der Waals surface area contributed by atoms with E-state index in [4.69, 9.17) is 0 Å². The van der Waals surface area contributed by atoms with Crippen LogP contribution >= 0.6 is 0 Å². The van der Waals surface area contributed by atoms with E-state index >= 15 is 0 Å². The molecule has 0 aromatic heterocycles. The number of rotatable bonds is 4. The molecule has 84 valence electrons. The van der Waals surface area contributed by atoms with Crippen LogP contribution in [0.4, 0.5) is 0 Å². The predicted octanol–water partition coefficient (Wildman–Crippen LogP) is 3.00. The molecule has 1 aromatic rings. The van der Waals surface area contributed by atoms with Gasteiger partial charge in [0.1, 0.15) is 0 Å². The van der Waals surface area contributed by atoms with Crippen LogP contribution in [0.25, 0.3) is 0 Å². The summed E-state index contributed by atoms with van der Waals surface area (Å²) in [5.41, 5.74) is 0. The average molecular weight is 207 g/mol. The molecule has 0 bridgehead atoms. The fourth-order valence-corrected chi connectivity index (χ4v) is 0.914. The van der Waals surface area contributed by atoms with Crippen molar-refractivity contribution in [1.29, 1.82) is 0 Å². The number of benzene rings is 1. The van der Waals surface area contributed by atoms with Crippen molar-refractivity contribution in [1.82, 2.24) is 5.32 Å². The van der Waals surface area contributed by atoms with Crippen LogP contribution < -0.4 is 5.32 Å². The molecule has 0 spiro atoms. The van der Waals surface area contributed by atoms with E-state index in [1.807, 2.05) is 43.3 Å². The van der Waals surface area contributed by atoms with Crippen molar-refractivity contribution in [3.8, 4) is 0 Å². The van der Waals surface area contributed by atoms with Gasteiger partial charge in [-0.25, -0.2) is 0 Å². The summed E-state index contributed by atoms with van der Waals surface area (Å²) in [6, 6.07) is 12.0. The van der Waals surface area contributed by atoms with Gasteiger partial charge in [-0.2, -0.15) is 0 Å². The zero-order valence-electron chi connectivity index (χ0n) is 9.70. The number of nitrogens with one attached hydrogen (secondary N) is 1. The molecule has 0 fully saturated rings. The Balaban J connectivity index is 0.000000280. The molecule has 0 heterocycles. The second-order valence-corrected chi connectivity index (χ2v) is 3.21. The van der Waals surface area contributed by atoms with Crippen LogP contribution in [0, 0.1) is 0 Å². The van der Waals surface area contributed by atoms with Gasteiger partial charge in [0.2, 0.25) is 5.91 Å². The average Bonchev–Trinajstić information content (AvgIpc) is 2.32. The van der Waals surface area contributed by atoms with Crippen molar-refractivity contribution in [2.45, 2.75) is 33.1 Å². The molecule has 0 saturated heterocycles. The van der Waals surface area contributed by atoms with Crippen LogP contribution in [-0.4, -0.2) is 12.5 Å². The molecular weight excluding hydrogens is 186 g/mol. The quantitative estimate of drug-likeness (QED) is 0.755. The Kier molecular flexibility index (Phi) is 9.83. The lowest BCUT2D eigenvalue weighted by molar-refractivity contribution is -0.120. The van der Waals surface area contributed by atoms with Gasteiger partial charge in [-0.15, -0.1) is 0 Å². The molecule has 0 saturated carbocycles. The molecule has 0 aliphatic carbocycles. The molecule has 0 radical (unpaired) electrons. The molecule has 1 rings (SSSR count). The van der Waals surface area contributed by atoms with E-state index in [0.29, 0.717) is 6.42 Å². The number of amides is 1. The third-order valence-corrected chi connectivity index (χ3v) is 1.84. The first kappa shape index (κ1) is 13.7. The number of hydrogen-bond acceptors (Lipinski definition) is 1. The zero-order chi connectivity index (χ0) is 11.4. The van der Waals surface area contributed by atoms with Crippen LogP contribution in [0.5, 0.6) is 0 Å². The summed E-state index contributed by atoms with van der Waals surface area (Å²) in [5.74, 6) is 0.156. The van der Waals surface area contributed by atoms with Crippen molar-refractivity contribution in [3.63, 3.8) is 0 Å². The second-order valence-electron chi connectivity index (χ2n) is 3.21. The van der Waals surface area contributed by atoms with E-state index in [1.54, 1.807) is 0 Å². The molecule has 1 N–H and O–H groups in total. The van der Waals surface area contributed by atoms with Gasteiger partial charge < -0.3 is 5.32 Å². The predicted molar refractivity (Wildman–Crippen MR) is 64.7 cm³/mol. The Hall–Kier alpha value is -1.31. The Morgan fingerprint density at radius 2 is 1.47 bits per heavy atom. The number of unbranched alkanes of at least 4 members (excludes halogenated alkanes) is 1. The summed E-state index contributed by atoms with van der Waals surface area (Å²) in [5, 5.41) is 2.79. The molecule has 0 atom stereocenters. The van der Waals surface area contributed by atoms with Crippen molar-refractivity contribution >= 4 is 5.91 Å². The van der Waals surface area contributed by atoms with Gasteiger partial charge in [-0.1, -0.05) is 56.7 Å². The lowest BCUT2D eigenvalue weighted by Crippen LogP contribution is -2.22. The Morgan fingerprint density at radius 1 is 1.00 bits per heavy atom. The van der Waals surface area contributed by atoms with Crippen molar-refractivity contribution < 1.29 is 4.79 Å². The maximum absolute atomic E-state index is 10.6. The number of hydrogen-bond donors (Lipinski definition) is 1. The monoisotopic (exact) mass is 207 g/mol. The van der Waals surface area contributed by atoms with Crippen molar-refractivity contribution in [2.24, 2.45) is 0 Å². The first-order valence-corrected chi connectivity index (χ1v) is 5.58. The highest BCUT2D eigenvalue weighted by atomic mass is 16.1. The molecule has 0 aliphatic heterocycles. The van der Waals surface area contributed by atoms with Gasteiger partial charge in [-0.05, 0) is 6.42 Å². The van der Waals surface area contributed by atoms with Gasteiger partial charge in [0.05, 0.1) is 0 Å². The normalized spacial score (nSPS) is 8.67. The standard InChI is InChI=1S/C7H15NO.C6H6/c1-3-5-6-8-7(9)4-2;1-2-4-6-5-3-1/h3-6H2,1-2H3,(H,8,9);1-6H. The number of carbonyl (C=O) groups excluding carboxylic acids is 1. The van der Waals surface area contributed by atoms with Crippen LogP contribution in [0.2, 0.25) is 0 Å². The molecule has 0 aliphatic rings. The van der Waals surface area contributed by atoms with Crippen molar-refractivity contribution in [2.75, 3.05) is 6.54 Å². The third kappa shape index (κ3) is 10.6. The molecule has 2 nitrogen and oxygen atoms in total. The molecule has 2 heteroatoms. The largest absolute Gasteiger partial charge is 0.356 e. The molecule has 0 unspecified atom stereocenters. The highest BCUT2D eigenvalue weighted by molar-refractivity contribution is 5.75. The molecule has 1 amide bonds. The van der Waals surface area contributed by atoms with Crippen LogP contribution in [0.1, 0.15) is 33.1 Å². The van der Waals surface area contributed by atoms with Gasteiger partial charge in [0.25, 0.3) is 0 Å². The lowest BCUT2D eigenvalue weighted by Gasteiger charge is -1.99. The van der Waals surface area contributed by atoms with E-state index in [2.05, 4.69) is 12.2 Å². The topological polar surface area (TPSA) is 29.1 Å². The summed E-state index contributed by atoms with van der Waals surface area (Å²) in [7, 11) is 0. The fourth-order valence-electron chi connectivity index (χ4n) is 0.914. The third-order valence-electron chi connectivity index (χ3n) is 1.84. The van der Waals surface area contributed by atoms with Gasteiger partial charge >= 0.3 is 0 Å². The maximum atomic E-state index is 10.6. The highest BCUT2D eigenvalue weighted by Gasteiger charge is 1.92. The summed E-state index contributed by atoms with van der Waals surface area (Å²) >= 11 is 0. The van der Waals surface area contributed by atoms with Crippen LogP contribution in [-0.2, 0) is 4.79 Å². The summed E-state index contributed by atoms with van der Waals surface area (Å²) < 4.78 is 0. The Labute approximate surface area is 92.7 Å². The Morgan fingerprint density at radius 3 is 1.80 bits per heavy atom. The first-order chi connectivity index (χ1) is 7.31. The minimum absolute atomic E-state index is 0.156. The van der Waals surface area contributed by atoms with Gasteiger partial charge in [0.15, 0.2) is 0 Å². The maximum Gasteiger partial charge on any atom is 0.219 e. The van der Waals surface area contributed by atoms with E-state index in [1.165, 1.54) is 0 Å². The summed E-state index contributed by atoms with van der Waals surface area (Å²) in [4.78, 5) is 10.6. The minimum Gasteiger partial charge on any atom is -0.356 e. The molecule has 1 aromatic carbocycles. The van der Waals surface area contributed by atoms with Gasteiger partial charge in [0, 0.05) is 13.0 Å². The lowest BCUT2D eigenvalue weighted by atomic mass is 10.3. The minimum atomic E-state index is 0.156. The SMILES string of the molecule is CCCCNC(=O)CC.c1ccccc1. The van der Waals surface area contributed by atoms with Crippen LogP contribution in [0.15, 0.2) is 36.4 Å². The van der Waals surface area contributed by atoms with Gasteiger partial charge in [-0.3, -0.25) is 4.79 Å². The zero-order valence-corrected chi connectivity index (χ0v) is 9.70. The summed E-state index contributed by atoms with van der Waals surface area (Å²) in [6.07, 6.45) is 2.83. The summed E-state index contributed by atoms with van der Waals surface area (Å²) in [6.45, 7) is 4.81. The van der Waals surface area contributed by atoms with E-state index in [-0.39, 0.29) is 5.91 Å². The highest BCUT2D eigenvalue weighted by Crippen LogP contribution is 1.83. The second kappa shape index (κ2) is 10.8. The van der Waals surface area contributed by atoms with Crippen molar-refractivity contribution in [3.05, 3.63) is 36.4 Å². The van der Waals surface area contributed by atoms with E-state index in [9.17, 15) is 4.79 Å². The fraction of sp³-hybridized carbons (Fsp3) is 0.462. The number of carbonyl (C=O) groups is 1. The van der Waals surface area contributed by atoms with E-state index in [0.717, 1.165) is 19.4 Å². The molecule has 15 heavy (non-hydrogen) atoms. The molecular formula is C13H21NO. The first-order valence-electron chi connectivity index (χ1n) is 5.58. The Bertz CT molecular complexity index is 207. The van der Waals surface area contributed by atoms with Crippen LogP contribution in [0.3, 0.4) is 0 Å². The smallest absolute Gasteiger partial charge is 0.219 e. The van der Waals surface area contributed by atoms with E-state index < -0.39 is 0 Å².